The van der Waals surface area contributed by atoms with E-state index in [4.69, 9.17) is 11.6 Å². The molecule has 0 unspecified atom stereocenters. The molecule has 0 aliphatic carbocycles. The molecule has 0 saturated carbocycles. The summed E-state index contributed by atoms with van der Waals surface area (Å²) in [5.41, 5.74) is 3.58. The zero-order valence-corrected chi connectivity index (χ0v) is 13.4. The monoisotopic (exact) mass is 324 g/mol. The molecule has 3 aromatic rings. The number of carbonyl (C=O) groups excluding carboxylic acids is 1. The van der Waals surface area contributed by atoms with Crippen LogP contribution in [0.25, 0.3) is 22.3 Å². The number of ketones is 1. The van der Waals surface area contributed by atoms with Crippen molar-refractivity contribution >= 4 is 28.3 Å². The fraction of sp³-hybridized carbons (Fsp3) is 0.167. The maximum atomic E-state index is 12.9. The van der Waals surface area contributed by atoms with Gasteiger partial charge in [-0.05, 0) is 55.3 Å². The second-order valence-corrected chi connectivity index (χ2v) is 6.33. The lowest BCUT2D eigenvalue weighted by Crippen LogP contribution is -2.21. The molecule has 1 aliphatic rings. The third-order valence-corrected chi connectivity index (χ3v) is 4.45. The number of benzene rings is 2. The number of aryl methyl sites for hydroxylation is 1. The molecule has 0 fully saturated rings. The molecular weight excluding hydrogens is 312 g/mol. The fourth-order valence-corrected chi connectivity index (χ4v) is 3.37. The molecule has 4 rings (SSSR count). The van der Waals surface area contributed by atoms with Crippen molar-refractivity contribution in [2.75, 3.05) is 0 Å². The van der Waals surface area contributed by atoms with Crippen molar-refractivity contribution in [1.82, 2.24) is 9.55 Å². The van der Waals surface area contributed by atoms with Crippen LogP contribution in [-0.4, -0.2) is 15.3 Å². The molecular formula is C18H13ClN2O2. The van der Waals surface area contributed by atoms with Gasteiger partial charge >= 0.3 is 0 Å². The molecule has 1 aliphatic heterocycles. The average molecular weight is 325 g/mol. The number of hydrogen-bond donors (Lipinski definition) is 0. The van der Waals surface area contributed by atoms with Gasteiger partial charge in [-0.25, -0.2) is 4.98 Å². The zero-order valence-electron chi connectivity index (χ0n) is 12.7. The number of carbonyl (C=O) groups is 1. The highest BCUT2D eigenvalue weighted by molar-refractivity contribution is 6.30. The molecule has 114 valence electrons. The van der Waals surface area contributed by atoms with E-state index >= 15 is 0 Å². The van der Waals surface area contributed by atoms with Gasteiger partial charge in [0.15, 0.2) is 5.78 Å². The van der Waals surface area contributed by atoms with Crippen LogP contribution in [0.3, 0.4) is 0 Å². The first kappa shape index (κ1) is 14.2. The largest absolute Gasteiger partial charge is 0.294 e. The van der Waals surface area contributed by atoms with Crippen molar-refractivity contribution in [3.05, 3.63) is 62.4 Å². The maximum absolute atomic E-state index is 12.9. The highest BCUT2D eigenvalue weighted by Crippen LogP contribution is 2.32. The lowest BCUT2D eigenvalue weighted by atomic mass is 10.0. The van der Waals surface area contributed by atoms with E-state index in [1.807, 2.05) is 19.1 Å². The van der Waals surface area contributed by atoms with Gasteiger partial charge in [0.05, 0.1) is 17.4 Å². The first-order chi connectivity index (χ1) is 11.0. The van der Waals surface area contributed by atoms with Crippen molar-refractivity contribution < 1.29 is 4.79 Å². The Balaban J connectivity index is 2.13. The summed E-state index contributed by atoms with van der Waals surface area (Å²) in [6, 6.07) is 9.09. The van der Waals surface area contributed by atoms with Gasteiger partial charge < -0.3 is 0 Å². The van der Waals surface area contributed by atoms with E-state index in [0.29, 0.717) is 33.9 Å². The summed E-state index contributed by atoms with van der Waals surface area (Å²) in [6.45, 7) is 3.82. The average Bonchev–Trinajstić information content (AvgIpc) is 2.85. The van der Waals surface area contributed by atoms with E-state index in [9.17, 15) is 9.59 Å². The zero-order chi connectivity index (χ0) is 16.3. The SMILES string of the molecule is CC(=O)c1cc(C)cc2c(=O)n3c(nc12)-c1ccc(Cl)cc1C3. The minimum atomic E-state index is -0.122. The molecule has 0 N–H and O–H groups in total. The number of aromatic nitrogens is 2. The Labute approximate surface area is 137 Å². The number of hydrogen-bond acceptors (Lipinski definition) is 3. The minimum Gasteiger partial charge on any atom is -0.294 e. The van der Waals surface area contributed by atoms with Crippen LogP contribution < -0.4 is 5.56 Å². The first-order valence-corrected chi connectivity index (χ1v) is 7.68. The summed E-state index contributed by atoms with van der Waals surface area (Å²) in [5.74, 6) is 0.505. The Bertz CT molecular complexity index is 1070. The van der Waals surface area contributed by atoms with Crippen LogP contribution in [0.2, 0.25) is 5.02 Å². The molecule has 0 amide bonds. The summed E-state index contributed by atoms with van der Waals surface area (Å²) < 4.78 is 1.65. The molecule has 1 aromatic heterocycles. The maximum Gasteiger partial charge on any atom is 0.261 e. The molecule has 2 heterocycles. The van der Waals surface area contributed by atoms with Gasteiger partial charge in [-0.1, -0.05) is 11.6 Å². The van der Waals surface area contributed by atoms with Crippen LogP contribution in [0, 0.1) is 6.92 Å². The lowest BCUT2D eigenvalue weighted by Gasteiger charge is -2.09. The van der Waals surface area contributed by atoms with Crippen molar-refractivity contribution in [2.45, 2.75) is 20.4 Å². The number of rotatable bonds is 1. The van der Waals surface area contributed by atoms with Gasteiger partial charge in [0.1, 0.15) is 5.82 Å². The standard InChI is InChI=1S/C18H13ClN2O2/c1-9-5-14(10(2)22)16-15(6-9)18(23)21-8-11-7-12(19)3-4-13(11)17(21)20-16/h3-7H,8H2,1-2H3. The summed E-state index contributed by atoms with van der Waals surface area (Å²) in [6.07, 6.45) is 0. The molecule has 23 heavy (non-hydrogen) atoms. The third-order valence-electron chi connectivity index (χ3n) is 4.22. The predicted octanol–water partition coefficient (Wildman–Crippen LogP) is 3.59. The van der Waals surface area contributed by atoms with Gasteiger partial charge in [0.2, 0.25) is 0 Å². The van der Waals surface area contributed by atoms with Crippen LogP contribution in [-0.2, 0) is 6.54 Å². The summed E-state index contributed by atoms with van der Waals surface area (Å²) in [7, 11) is 0. The molecule has 0 spiro atoms. The van der Waals surface area contributed by atoms with E-state index in [-0.39, 0.29) is 11.3 Å². The van der Waals surface area contributed by atoms with Gasteiger partial charge in [-0.2, -0.15) is 0 Å². The van der Waals surface area contributed by atoms with E-state index in [1.165, 1.54) is 6.92 Å². The number of halogens is 1. The Hall–Kier alpha value is -2.46. The molecule has 5 heteroatoms. The van der Waals surface area contributed by atoms with Gasteiger partial charge in [-0.15, -0.1) is 0 Å². The van der Waals surface area contributed by atoms with Crippen LogP contribution in [0.1, 0.15) is 28.4 Å². The number of nitrogens with zero attached hydrogens (tertiary/aromatic N) is 2. The highest BCUT2D eigenvalue weighted by Gasteiger charge is 2.24. The third kappa shape index (κ3) is 2.02. The molecule has 0 saturated heterocycles. The quantitative estimate of drug-likeness (QED) is 0.503. The van der Waals surface area contributed by atoms with E-state index < -0.39 is 0 Å². The number of Topliss-reactive ketones (excluding diaryl/α,β-unsaturated/α-hetero) is 1. The van der Waals surface area contributed by atoms with E-state index in [1.54, 1.807) is 22.8 Å². The molecule has 0 bridgehead atoms. The van der Waals surface area contributed by atoms with Crippen molar-refractivity contribution in [3.8, 4) is 11.4 Å². The lowest BCUT2D eigenvalue weighted by molar-refractivity contribution is 0.101. The topological polar surface area (TPSA) is 52.0 Å². The fourth-order valence-electron chi connectivity index (χ4n) is 3.17. The molecule has 0 atom stereocenters. The second kappa shape index (κ2) is 4.77. The Morgan fingerprint density at radius 1 is 1.26 bits per heavy atom. The first-order valence-electron chi connectivity index (χ1n) is 7.30. The second-order valence-electron chi connectivity index (χ2n) is 5.89. The van der Waals surface area contributed by atoms with E-state index in [0.717, 1.165) is 16.7 Å². The minimum absolute atomic E-state index is 0.0927. The smallest absolute Gasteiger partial charge is 0.261 e. The van der Waals surface area contributed by atoms with Gasteiger partial charge in [0.25, 0.3) is 5.56 Å². The number of fused-ring (bicyclic) bond motifs is 4. The molecule has 4 nitrogen and oxygen atoms in total. The summed E-state index contributed by atoms with van der Waals surface area (Å²) in [5, 5.41) is 1.12. The Morgan fingerprint density at radius 3 is 2.78 bits per heavy atom. The van der Waals surface area contributed by atoms with Crippen molar-refractivity contribution in [2.24, 2.45) is 0 Å². The van der Waals surface area contributed by atoms with Crippen LogP contribution >= 0.6 is 11.6 Å². The van der Waals surface area contributed by atoms with Gasteiger partial charge in [-0.3, -0.25) is 14.2 Å². The van der Waals surface area contributed by atoms with Gasteiger partial charge in [0, 0.05) is 16.1 Å². The van der Waals surface area contributed by atoms with Crippen LogP contribution in [0.4, 0.5) is 0 Å². The van der Waals surface area contributed by atoms with Crippen molar-refractivity contribution in [3.63, 3.8) is 0 Å². The van der Waals surface area contributed by atoms with Crippen molar-refractivity contribution in [1.29, 1.82) is 0 Å². The van der Waals surface area contributed by atoms with Crippen LogP contribution in [0.15, 0.2) is 35.1 Å². The summed E-state index contributed by atoms with van der Waals surface area (Å²) in [4.78, 5) is 29.5. The Kier molecular flexibility index (Phi) is 2.93. The molecule has 2 aromatic carbocycles. The summed E-state index contributed by atoms with van der Waals surface area (Å²) >= 11 is 6.05. The van der Waals surface area contributed by atoms with Crippen LogP contribution in [0.5, 0.6) is 0 Å². The van der Waals surface area contributed by atoms with E-state index in [2.05, 4.69) is 4.98 Å². The highest BCUT2D eigenvalue weighted by atomic mass is 35.5. The normalized spacial score (nSPS) is 12.3. The Morgan fingerprint density at radius 2 is 2.04 bits per heavy atom. The predicted molar refractivity (Wildman–Crippen MR) is 90.3 cm³/mol. The molecule has 0 radical (unpaired) electrons.